The second-order valence-corrected chi connectivity index (χ2v) is 7.73. The quantitative estimate of drug-likeness (QED) is 0.844. The van der Waals surface area contributed by atoms with Crippen molar-refractivity contribution in [3.8, 4) is 0 Å². The zero-order valence-electron chi connectivity index (χ0n) is 15.7. The Labute approximate surface area is 160 Å². The monoisotopic (exact) mass is 368 g/mol. The molecule has 6 heteroatoms. The van der Waals surface area contributed by atoms with Crippen LogP contribution in [0.1, 0.15) is 84.4 Å². The summed E-state index contributed by atoms with van der Waals surface area (Å²) in [5.41, 5.74) is 1.96. The van der Waals surface area contributed by atoms with Gasteiger partial charge < -0.3 is 15.2 Å². The molecule has 1 saturated heterocycles. The first-order valence-corrected chi connectivity index (χ1v) is 10.2. The normalized spacial score (nSPS) is 21.1. The summed E-state index contributed by atoms with van der Waals surface area (Å²) in [6, 6.07) is 7.95. The van der Waals surface area contributed by atoms with E-state index in [4.69, 9.17) is 4.52 Å². The number of carbonyl (C=O) groups excluding carboxylic acids is 1. The number of carbonyl (C=O) groups is 1. The lowest BCUT2D eigenvalue weighted by Gasteiger charge is -2.23. The van der Waals surface area contributed by atoms with Crippen molar-refractivity contribution in [1.29, 1.82) is 0 Å². The largest absolute Gasteiger partial charge is 0.343 e. The van der Waals surface area contributed by atoms with Crippen LogP contribution >= 0.6 is 0 Å². The van der Waals surface area contributed by atoms with Crippen molar-refractivity contribution < 1.29 is 9.32 Å². The molecule has 2 fully saturated rings. The van der Waals surface area contributed by atoms with Crippen LogP contribution in [0.4, 0.5) is 0 Å². The molecule has 1 amide bonds. The van der Waals surface area contributed by atoms with E-state index in [0.717, 1.165) is 31.8 Å². The fraction of sp³-hybridized carbons (Fsp3) is 0.571. The maximum Gasteiger partial charge on any atom is 0.251 e. The van der Waals surface area contributed by atoms with E-state index in [-0.39, 0.29) is 12.5 Å². The summed E-state index contributed by atoms with van der Waals surface area (Å²) < 4.78 is 5.32. The molecule has 144 valence electrons. The van der Waals surface area contributed by atoms with Crippen molar-refractivity contribution >= 4 is 5.91 Å². The van der Waals surface area contributed by atoms with E-state index in [1.54, 1.807) is 0 Å². The van der Waals surface area contributed by atoms with Gasteiger partial charge in [0.25, 0.3) is 5.91 Å². The maximum atomic E-state index is 12.4. The van der Waals surface area contributed by atoms with Crippen LogP contribution in [0.2, 0.25) is 0 Å². The van der Waals surface area contributed by atoms with Gasteiger partial charge in [0.05, 0.1) is 6.54 Å². The van der Waals surface area contributed by atoms with Crippen molar-refractivity contribution in [2.24, 2.45) is 0 Å². The second kappa shape index (κ2) is 8.65. The van der Waals surface area contributed by atoms with Gasteiger partial charge >= 0.3 is 0 Å². The van der Waals surface area contributed by atoms with Gasteiger partial charge in [0.2, 0.25) is 5.89 Å². The molecule has 2 heterocycles. The van der Waals surface area contributed by atoms with E-state index in [1.807, 2.05) is 12.1 Å². The number of nitrogens with one attached hydrogen (secondary N) is 2. The topological polar surface area (TPSA) is 80.1 Å². The second-order valence-electron chi connectivity index (χ2n) is 7.73. The van der Waals surface area contributed by atoms with E-state index in [9.17, 15) is 4.79 Å². The molecule has 1 aliphatic carbocycles. The third kappa shape index (κ3) is 4.56. The summed E-state index contributed by atoms with van der Waals surface area (Å²) in [5.74, 6) is 2.13. The number of hydrogen-bond acceptors (Lipinski definition) is 5. The van der Waals surface area contributed by atoms with Gasteiger partial charge in [-0.15, -0.1) is 0 Å². The number of benzene rings is 1. The van der Waals surface area contributed by atoms with Crippen LogP contribution in [0.25, 0.3) is 0 Å². The highest BCUT2D eigenvalue weighted by atomic mass is 16.5. The van der Waals surface area contributed by atoms with Gasteiger partial charge in [0.1, 0.15) is 0 Å². The molecular weight excluding hydrogens is 340 g/mol. The third-order valence-corrected chi connectivity index (χ3v) is 5.80. The van der Waals surface area contributed by atoms with Crippen LogP contribution in [-0.2, 0) is 6.54 Å². The average molecular weight is 368 g/mol. The van der Waals surface area contributed by atoms with E-state index < -0.39 is 0 Å². The lowest BCUT2D eigenvalue weighted by atomic mass is 9.89. The standard InChI is InChI=1S/C21H28N4O2/c26-21(17-10-8-15(9-11-17)18-7-4-12-22-13-18)23-14-19-24-20(25-27-19)16-5-2-1-3-6-16/h8-11,16,18,22H,1-7,12-14H2,(H,23,26)/t18-/m1/s1. The van der Waals surface area contributed by atoms with Crippen LogP contribution in [0.5, 0.6) is 0 Å². The fourth-order valence-corrected chi connectivity index (χ4v) is 4.17. The molecule has 1 aromatic heterocycles. The van der Waals surface area contributed by atoms with Gasteiger partial charge in [0.15, 0.2) is 5.82 Å². The summed E-state index contributed by atoms with van der Waals surface area (Å²) in [6.45, 7) is 2.40. The molecule has 2 aliphatic rings. The highest BCUT2D eigenvalue weighted by Gasteiger charge is 2.21. The number of nitrogens with zero attached hydrogens (tertiary/aromatic N) is 2. The van der Waals surface area contributed by atoms with Gasteiger partial charge in [-0.1, -0.05) is 36.6 Å². The van der Waals surface area contributed by atoms with E-state index in [1.165, 1.54) is 37.7 Å². The van der Waals surface area contributed by atoms with Gasteiger partial charge in [-0.05, 0) is 55.8 Å². The lowest BCUT2D eigenvalue weighted by Crippen LogP contribution is -2.28. The lowest BCUT2D eigenvalue weighted by molar-refractivity contribution is 0.0946. The predicted molar refractivity (Wildman–Crippen MR) is 103 cm³/mol. The van der Waals surface area contributed by atoms with Gasteiger partial charge in [-0.2, -0.15) is 4.98 Å². The van der Waals surface area contributed by atoms with Gasteiger partial charge in [0, 0.05) is 18.0 Å². The molecule has 27 heavy (non-hydrogen) atoms. The molecule has 0 radical (unpaired) electrons. The molecule has 1 aliphatic heterocycles. The zero-order valence-corrected chi connectivity index (χ0v) is 15.7. The first-order valence-electron chi connectivity index (χ1n) is 10.2. The SMILES string of the molecule is O=C(NCc1nc(C2CCCCC2)no1)c1ccc([C@@H]2CCCNC2)cc1. The van der Waals surface area contributed by atoms with E-state index in [0.29, 0.717) is 23.3 Å². The average Bonchev–Trinajstić information content (AvgIpc) is 3.22. The molecule has 1 atom stereocenters. The van der Waals surface area contributed by atoms with Crippen LogP contribution in [0.15, 0.2) is 28.8 Å². The summed E-state index contributed by atoms with van der Waals surface area (Å²) in [7, 11) is 0. The van der Waals surface area contributed by atoms with Crippen molar-refractivity contribution in [3.63, 3.8) is 0 Å². The molecule has 2 aromatic rings. The van der Waals surface area contributed by atoms with E-state index in [2.05, 4.69) is 32.9 Å². The molecular formula is C21H28N4O2. The molecule has 2 N–H and O–H groups in total. The summed E-state index contributed by atoms with van der Waals surface area (Å²) in [4.78, 5) is 16.9. The van der Waals surface area contributed by atoms with Crippen molar-refractivity contribution in [3.05, 3.63) is 47.1 Å². The van der Waals surface area contributed by atoms with E-state index >= 15 is 0 Å². The first-order chi connectivity index (χ1) is 13.3. The van der Waals surface area contributed by atoms with Crippen LogP contribution in [-0.4, -0.2) is 29.1 Å². The van der Waals surface area contributed by atoms with Crippen LogP contribution < -0.4 is 10.6 Å². The zero-order chi connectivity index (χ0) is 18.5. The van der Waals surface area contributed by atoms with Gasteiger partial charge in [-0.25, -0.2) is 0 Å². The van der Waals surface area contributed by atoms with Crippen molar-refractivity contribution in [2.45, 2.75) is 63.3 Å². The highest BCUT2D eigenvalue weighted by molar-refractivity contribution is 5.94. The third-order valence-electron chi connectivity index (χ3n) is 5.80. The Balaban J connectivity index is 1.30. The minimum atomic E-state index is -0.110. The Hall–Kier alpha value is -2.21. The van der Waals surface area contributed by atoms with Crippen molar-refractivity contribution in [1.82, 2.24) is 20.8 Å². The first kappa shape index (κ1) is 18.2. The number of piperidine rings is 1. The Kier molecular flexibility index (Phi) is 5.82. The summed E-state index contributed by atoms with van der Waals surface area (Å²) >= 11 is 0. The maximum absolute atomic E-state index is 12.4. The Bertz CT molecular complexity index is 744. The minimum Gasteiger partial charge on any atom is -0.343 e. The Morgan fingerprint density at radius 3 is 2.59 bits per heavy atom. The Morgan fingerprint density at radius 2 is 1.85 bits per heavy atom. The van der Waals surface area contributed by atoms with Crippen LogP contribution in [0.3, 0.4) is 0 Å². The molecule has 0 unspecified atom stereocenters. The highest BCUT2D eigenvalue weighted by Crippen LogP contribution is 2.30. The molecule has 0 bridgehead atoms. The molecule has 0 spiro atoms. The molecule has 1 aromatic carbocycles. The molecule has 4 rings (SSSR count). The summed E-state index contributed by atoms with van der Waals surface area (Å²) in [5, 5.41) is 10.4. The Morgan fingerprint density at radius 1 is 1.07 bits per heavy atom. The number of rotatable bonds is 5. The van der Waals surface area contributed by atoms with Crippen molar-refractivity contribution in [2.75, 3.05) is 13.1 Å². The fourth-order valence-electron chi connectivity index (χ4n) is 4.17. The summed E-state index contributed by atoms with van der Waals surface area (Å²) in [6.07, 6.45) is 8.45. The van der Waals surface area contributed by atoms with Gasteiger partial charge in [-0.3, -0.25) is 4.79 Å². The number of amides is 1. The predicted octanol–water partition coefficient (Wildman–Crippen LogP) is 3.51. The van der Waals surface area contributed by atoms with Crippen LogP contribution in [0, 0.1) is 0 Å². The number of hydrogen-bond donors (Lipinski definition) is 2. The minimum absolute atomic E-state index is 0.110. The molecule has 6 nitrogen and oxygen atoms in total. The number of aromatic nitrogens is 2. The smallest absolute Gasteiger partial charge is 0.251 e. The molecule has 1 saturated carbocycles.